The van der Waals surface area contributed by atoms with Crippen LogP contribution in [0.2, 0.25) is 0 Å². The SMILES string of the molecule is CCS(=O)(=O)c1ccc(CC(=O)Nc2ccc(C3CC(=O)N3c3ccc(OC)c(C(C)C)c3)cc2)cc1. The van der Waals surface area contributed by atoms with Crippen LogP contribution in [0.5, 0.6) is 5.75 Å². The molecular weight excluding hydrogens is 488 g/mol. The Morgan fingerprint density at radius 1 is 1.05 bits per heavy atom. The molecule has 0 radical (unpaired) electrons. The third kappa shape index (κ3) is 5.69. The number of ether oxygens (including phenoxy) is 1. The first kappa shape index (κ1) is 26.4. The molecule has 37 heavy (non-hydrogen) atoms. The van der Waals surface area contributed by atoms with E-state index in [-0.39, 0.29) is 40.8 Å². The Hall–Kier alpha value is -3.65. The molecule has 0 aromatic heterocycles. The normalized spacial score (nSPS) is 15.4. The standard InChI is InChI=1S/C29H32N2O5S/c1-5-37(34,35)24-13-6-20(7-14-24)16-28(32)30-22-10-8-21(9-11-22)26-18-29(33)31(26)23-12-15-27(36-4)25(17-23)19(2)3/h6-15,17,19,26H,5,16,18H2,1-4H3,(H,30,32). The monoisotopic (exact) mass is 520 g/mol. The van der Waals surface area contributed by atoms with Crippen LogP contribution in [0, 0.1) is 0 Å². The summed E-state index contributed by atoms with van der Waals surface area (Å²) in [4.78, 5) is 27.1. The van der Waals surface area contributed by atoms with Crippen LogP contribution in [0.25, 0.3) is 0 Å². The topological polar surface area (TPSA) is 92.8 Å². The molecule has 1 atom stereocenters. The van der Waals surface area contributed by atoms with Crippen molar-refractivity contribution < 1.29 is 22.7 Å². The van der Waals surface area contributed by atoms with E-state index < -0.39 is 9.84 Å². The van der Waals surface area contributed by atoms with E-state index in [0.29, 0.717) is 12.1 Å². The zero-order chi connectivity index (χ0) is 26.7. The Labute approximate surface area is 218 Å². The maximum Gasteiger partial charge on any atom is 0.230 e. The van der Waals surface area contributed by atoms with Gasteiger partial charge in [-0.3, -0.25) is 9.59 Å². The van der Waals surface area contributed by atoms with Gasteiger partial charge < -0.3 is 15.0 Å². The number of amides is 2. The van der Waals surface area contributed by atoms with Crippen molar-refractivity contribution in [3.63, 3.8) is 0 Å². The molecule has 0 aliphatic carbocycles. The maximum absolute atomic E-state index is 12.5. The van der Waals surface area contributed by atoms with Crippen LogP contribution in [0.15, 0.2) is 71.6 Å². The number of anilines is 2. The molecule has 0 bridgehead atoms. The summed E-state index contributed by atoms with van der Waals surface area (Å²) < 4.78 is 29.4. The fourth-order valence-electron chi connectivity index (χ4n) is 4.49. The zero-order valence-corrected chi connectivity index (χ0v) is 22.3. The Bertz CT molecular complexity index is 1400. The highest BCUT2D eigenvalue weighted by molar-refractivity contribution is 7.91. The molecule has 1 aliphatic rings. The van der Waals surface area contributed by atoms with Gasteiger partial charge in [0.05, 0.1) is 36.6 Å². The third-order valence-corrected chi connectivity index (χ3v) is 8.42. The number of carbonyl (C=O) groups is 2. The largest absolute Gasteiger partial charge is 0.496 e. The molecule has 4 rings (SSSR count). The second-order valence-electron chi connectivity index (χ2n) is 9.46. The summed E-state index contributed by atoms with van der Waals surface area (Å²) in [7, 11) is -1.62. The number of nitrogens with one attached hydrogen (secondary N) is 1. The number of methoxy groups -OCH3 is 1. The van der Waals surface area contributed by atoms with Crippen molar-refractivity contribution in [3.05, 3.63) is 83.4 Å². The molecule has 3 aromatic carbocycles. The zero-order valence-electron chi connectivity index (χ0n) is 21.5. The molecule has 2 amide bonds. The van der Waals surface area contributed by atoms with E-state index in [1.807, 2.05) is 42.5 Å². The summed E-state index contributed by atoms with van der Waals surface area (Å²) in [6.45, 7) is 5.79. The lowest BCUT2D eigenvalue weighted by Crippen LogP contribution is -2.46. The minimum absolute atomic E-state index is 0.0364. The molecule has 3 aromatic rings. The molecule has 1 N–H and O–H groups in total. The number of sulfone groups is 1. The fourth-order valence-corrected chi connectivity index (χ4v) is 5.37. The molecule has 0 spiro atoms. The van der Waals surface area contributed by atoms with E-state index in [4.69, 9.17) is 4.74 Å². The molecule has 1 unspecified atom stereocenters. The van der Waals surface area contributed by atoms with Gasteiger partial charge in [0.1, 0.15) is 5.75 Å². The number of hydrogen-bond donors (Lipinski definition) is 1. The number of carbonyl (C=O) groups excluding carboxylic acids is 2. The molecule has 1 fully saturated rings. The Morgan fingerprint density at radius 3 is 2.30 bits per heavy atom. The summed E-state index contributed by atoms with van der Waals surface area (Å²) in [6.07, 6.45) is 0.563. The molecule has 1 heterocycles. The summed E-state index contributed by atoms with van der Waals surface area (Å²) >= 11 is 0. The van der Waals surface area contributed by atoms with Crippen molar-refractivity contribution in [2.45, 2.75) is 50.5 Å². The van der Waals surface area contributed by atoms with E-state index >= 15 is 0 Å². The molecule has 8 heteroatoms. The average molecular weight is 521 g/mol. The minimum Gasteiger partial charge on any atom is -0.496 e. The number of nitrogens with zero attached hydrogens (tertiary/aromatic N) is 1. The quantitative estimate of drug-likeness (QED) is 0.388. The number of rotatable bonds is 9. The fraction of sp³-hybridized carbons (Fsp3) is 0.310. The highest BCUT2D eigenvalue weighted by Gasteiger charge is 2.38. The summed E-state index contributed by atoms with van der Waals surface area (Å²) in [5.41, 5.74) is 4.28. The second kappa shape index (κ2) is 10.8. The molecular formula is C29H32N2O5S. The Balaban J connectivity index is 1.41. The van der Waals surface area contributed by atoms with Gasteiger partial charge in [-0.2, -0.15) is 0 Å². The van der Waals surface area contributed by atoms with E-state index in [2.05, 4.69) is 19.2 Å². The van der Waals surface area contributed by atoms with Crippen LogP contribution in [0.1, 0.15) is 55.8 Å². The molecule has 7 nitrogen and oxygen atoms in total. The van der Waals surface area contributed by atoms with Gasteiger partial charge in [0.25, 0.3) is 0 Å². The predicted octanol–water partition coefficient (Wildman–Crippen LogP) is 5.27. The van der Waals surface area contributed by atoms with Crippen molar-refractivity contribution in [1.82, 2.24) is 0 Å². The van der Waals surface area contributed by atoms with Gasteiger partial charge in [-0.25, -0.2) is 8.42 Å². The van der Waals surface area contributed by atoms with Gasteiger partial charge >= 0.3 is 0 Å². The van der Waals surface area contributed by atoms with Crippen molar-refractivity contribution in [3.8, 4) is 5.75 Å². The van der Waals surface area contributed by atoms with Crippen molar-refractivity contribution in [2.24, 2.45) is 0 Å². The van der Waals surface area contributed by atoms with E-state index in [9.17, 15) is 18.0 Å². The average Bonchev–Trinajstić information content (AvgIpc) is 2.88. The first-order valence-electron chi connectivity index (χ1n) is 12.3. The Kier molecular flexibility index (Phi) is 7.68. The van der Waals surface area contributed by atoms with Crippen LogP contribution in [0.3, 0.4) is 0 Å². The molecule has 194 valence electrons. The summed E-state index contributed by atoms with van der Waals surface area (Å²) in [6, 6.07) is 19.7. The van der Waals surface area contributed by atoms with E-state index in [1.165, 1.54) is 12.1 Å². The van der Waals surface area contributed by atoms with Gasteiger partial charge in [-0.15, -0.1) is 0 Å². The first-order valence-corrected chi connectivity index (χ1v) is 14.0. The minimum atomic E-state index is -3.27. The van der Waals surface area contributed by atoms with E-state index in [0.717, 1.165) is 28.1 Å². The first-order chi connectivity index (χ1) is 17.6. The van der Waals surface area contributed by atoms with Gasteiger partial charge in [0.2, 0.25) is 11.8 Å². The smallest absolute Gasteiger partial charge is 0.230 e. The second-order valence-corrected chi connectivity index (χ2v) is 11.7. The van der Waals surface area contributed by atoms with Gasteiger partial charge in [0.15, 0.2) is 9.84 Å². The maximum atomic E-state index is 12.5. The predicted molar refractivity (Wildman–Crippen MR) is 145 cm³/mol. The van der Waals surface area contributed by atoms with Gasteiger partial charge in [-0.05, 0) is 65.1 Å². The summed E-state index contributed by atoms with van der Waals surface area (Å²) in [5, 5.41) is 2.88. The van der Waals surface area contributed by atoms with Crippen molar-refractivity contribution in [1.29, 1.82) is 0 Å². The highest BCUT2D eigenvalue weighted by Crippen LogP contribution is 2.41. The van der Waals surface area contributed by atoms with Crippen molar-refractivity contribution >= 4 is 33.0 Å². The van der Waals surface area contributed by atoms with Crippen LogP contribution >= 0.6 is 0 Å². The van der Waals surface area contributed by atoms with Crippen LogP contribution in [-0.2, 0) is 25.8 Å². The van der Waals surface area contributed by atoms with Crippen LogP contribution in [-0.4, -0.2) is 33.1 Å². The van der Waals surface area contributed by atoms with Crippen molar-refractivity contribution in [2.75, 3.05) is 23.1 Å². The van der Waals surface area contributed by atoms with E-state index in [1.54, 1.807) is 31.1 Å². The molecule has 0 saturated carbocycles. The van der Waals surface area contributed by atoms with Gasteiger partial charge in [-0.1, -0.05) is 45.0 Å². The van der Waals surface area contributed by atoms with Crippen LogP contribution in [0.4, 0.5) is 11.4 Å². The number of benzene rings is 3. The lowest BCUT2D eigenvalue weighted by molar-refractivity contribution is -0.124. The van der Waals surface area contributed by atoms with Crippen LogP contribution < -0.4 is 15.0 Å². The lowest BCUT2D eigenvalue weighted by Gasteiger charge is -2.41. The third-order valence-electron chi connectivity index (χ3n) is 6.67. The number of hydrogen-bond acceptors (Lipinski definition) is 5. The summed E-state index contributed by atoms with van der Waals surface area (Å²) in [5.74, 6) is 0.980. The number of β-lactam (4-membered cyclic amide) rings is 1. The lowest BCUT2D eigenvalue weighted by atomic mass is 9.91. The molecule has 1 aliphatic heterocycles. The molecule has 1 saturated heterocycles. The highest BCUT2D eigenvalue weighted by atomic mass is 32.2. The van der Waals surface area contributed by atoms with Gasteiger partial charge in [0, 0.05) is 11.4 Å². The Morgan fingerprint density at radius 2 is 1.73 bits per heavy atom.